The predicted octanol–water partition coefficient (Wildman–Crippen LogP) is 2.98. The Bertz CT molecular complexity index is 890. The lowest BCUT2D eigenvalue weighted by Gasteiger charge is -2.42. The molecule has 0 saturated heterocycles. The summed E-state index contributed by atoms with van der Waals surface area (Å²) in [6, 6.07) is 3.75. The van der Waals surface area contributed by atoms with Crippen molar-refractivity contribution in [1.82, 2.24) is 0 Å². The minimum absolute atomic E-state index is 0.0295. The smallest absolute Gasteiger partial charge is 0.332 e. The Balaban J connectivity index is 2.36. The van der Waals surface area contributed by atoms with E-state index in [1.54, 1.807) is 6.92 Å². The Labute approximate surface area is 136 Å². The molecule has 0 fully saturated rings. The van der Waals surface area contributed by atoms with Crippen LogP contribution in [0.2, 0.25) is 0 Å². The molecule has 2 atom stereocenters. The number of carboxylic acids is 1. The van der Waals surface area contributed by atoms with Crippen molar-refractivity contribution in [2.24, 2.45) is 5.41 Å². The summed E-state index contributed by atoms with van der Waals surface area (Å²) < 4.78 is 26.5. The van der Waals surface area contributed by atoms with Crippen LogP contribution >= 0.6 is 0 Å². The van der Waals surface area contributed by atoms with Crippen molar-refractivity contribution < 1.29 is 18.3 Å². The van der Waals surface area contributed by atoms with E-state index in [9.17, 15) is 18.3 Å². The molecule has 1 aliphatic carbocycles. The van der Waals surface area contributed by atoms with Gasteiger partial charge < -0.3 is 5.11 Å². The second kappa shape index (κ2) is 4.81. The molecule has 2 aliphatic rings. The summed E-state index contributed by atoms with van der Waals surface area (Å²) in [6.45, 7) is 7.38. The van der Waals surface area contributed by atoms with Crippen molar-refractivity contribution in [3.05, 3.63) is 52.1 Å². The number of aryl methyl sites for hydroxylation is 2. The number of benzene rings is 1. The molecule has 1 N–H and O–H groups in total. The Kier molecular flexibility index (Phi) is 3.34. The summed E-state index contributed by atoms with van der Waals surface area (Å²) in [4.78, 5) is 12.0. The minimum Gasteiger partial charge on any atom is -0.478 e. The molecule has 0 radical (unpaired) electrons. The first kappa shape index (κ1) is 16.0. The van der Waals surface area contributed by atoms with Crippen LogP contribution < -0.4 is 0 Å². The molecule has 1 aromatic rings. The number of carbonyl (C=O) groups is 1. The molecule has 0 aromatic heterocycles. The van der Waals surface area contributed by atoms with E-state index in [4.69, 9.17) is 0 Å². The molecule has 0 spiro atoms. The van der Waals surface area contributed by atoms with E-state index >= 15 is 0 Å². The molecule has 1 aromatic carbocycles. The van der Waals surface area contributed by atoms with Crippen LogP contribution in [0, 0.1) is 19.3 Å². The largest absolute Gasteiger partial charge is 0.478 e. The van der Waals surface area contributed by atoms with E-state index < -0.39 is 26.5 Å². The van der Waals surface area contributed by atoms with Gasteiger partial charge in [-0.15, -0.1) is 0 Å². The lowest BCUT2D eigenvalue weighted by Crippen LogP contribution is -2.47. The number of carboxylic acid groups (broad SMARTS) is 1. The summed E-state index contributed by atoms with van der Waals surface area (Å²) in [7, 11) is -3.76. The third-order valence-corrected chi connectivity index (χ3v) is 7.30. The Morgan fingerprint density at radius 3 is 2.52 bits per heavy atom. The lowest BCUT2D eigenvalue weighted by atomic mass is 9.72. The fraction of sp³-hybridized carbons (Fsp3) is 0.389. The van der Waals surface area contributed by atoms with E-state index in [1.165, 1.54) is 6.08 Å². The van der Waals surface area contributed by atoms with Crippen LogP contribution in [0.4, 0.5) is 0 Å². The fourth-order valence-corrected chi connectivity index (χ4v) is 6.87. The quantitative estimate of drug-likeness (QED) is 0.858. The van der Waals surface area contributed by atoms with Crippen LogP contribution in [0.5, 0.6) is 0 Å². The van der Waals surface area contributed by atoms with Crippen LogP contribution in [0.3, 0.4) is 0 Å². The Morgan fingerprint density at radius 1 is 1.26 bits per heavy atom. The molecule has 0 amide bonds. The van der Waals surface area contributed by atoms with Crippen molar-refractivity contribution >= 4 is 15.8 Å². The molecule has 5 heteroatoms. The van der Waals surface area contributed by atoms with E-state index in [0.29, 0.717) is 16.9 Å². The predicted molar refractivity (Wildman–Crippen MR) is 88.2 cm³/mol. The molecule has 0 bridgehead atoms. The number of aliphatic carboxylic acids is 1. The van der Waals surface area contributed by atoms with Crippen LogP contribution in [-0.4, -0.2) is 24.7 Å². The molecular formula is C18H20O4S. The van der Waals surface area contributed by atoms with Crippen LogP contribution in [0.25, 0.3) is 0 Å². The molecule has 4 nitrogen and oxygen atoms in total. The molecule has 0 unspecified atom stereocenters. The molecule has 1 aliphatic heterocycles. The summed E-state index contributed by atoms with van der Waals surface area (Å²) in [5.41, 5.74) is 2.53. The zero-order valence-electron chi connectivity index (χ0n) is 13.7. The van der Waals surface area contributed by atoms with Crippen molar-refractivity contribution in [2.45, 2.75) is 44.3 Å². The summed E-state index contributed by atoms with van der Waals surface area (Å²) >= 11 is 0. The Morgan fingerprint density at radius 2 is 1.91 bits per heavy atom. The van der Waals surface area contributed by atoms with Gasteiger partial charge in [0, 0.05) is 5.41 Å². The number of hydrogen-bond acceptors (Lipinski definition) is 3. The molecular weight excluding hydrogens is 312 g/mol. The maximum Gasteiger partial charge on any atom is 0.332 e. The maximum atomic E-state index is 13.3. The van der Waals surface area contributed by atoms with Crippen molar-refractivity contribution in [3.8, 4) is 0 Å². The lowest BCUT2D eigenvalue weighted by molar-refractivity contribution is -0.133. The van der Waals surface area contributed by atoms with Gasteiger partial charge in [0.25, 0.3) is 0 Å². The normalized spacial score (nSPS) is 28.3. The van der Waals surface area contributed by atoms with Crippen molar-refractivity contribution in [2.75, 3.05) is 0 Å². The van der Waals surface area contributed by atoms with Crippen LogP contribution in [0.15, 0.2) is 40.3 Å². The molecule has 1 heterocycles. The van der Waals surface area contributed by atoms with Crippen LogP contribution in [0.1, 0.15) is 30.5 Å². The SMILES string of the molecule is CC1=C[C@]2(C)Cc3cc(C)cc(C)c3S(=O)(=O)[C@@H]2C(C(=O)O)=C1. The topological polar surface area (TPSA) is 71.4 Å². The van der Waals surface area contributed by atoms with Gasteiger partial charge in [-0.2, -0.15) is 0 Å². The van der Waals surface area contributed by atoms with Crippen LogP contribution in [-0.2, 0) is 21.1 Å². The van der Waals surface area contributed by atoms with Gasteiger partial charge in [-0.25, -0.2) is 13.2 Å². The number of allylic oxidation sites excluding steroid dienone is 3. The van der Waals surface area contributed by atoms with Gasteiger partial charge in [0.2, 0.25) is 0 Å². The number of rotatable bonds is 1. The molecule has 3 rings (SSSR count). The highest BCUT2D eigenvalue weighted by atomic mass is 32.2. The van der Waals surface area contributed by atoms with Gasteiger partial charge in [-0.3, -0.25) is 0 Å². The zero-order chi connectivity index (χ0) is 17.2. The maximum absolute atomic E-state index is 13.3. The first-order valence-corrected chi connectivity index (χ1v) is 9.09. The standard InChI is InChI=1S/C18H20O4S/c1-10-5-12(3)15-13(6-10)9-18(4)8-11(2)7-14(17(19)20)16(18)23(15,21)22/h5-8,16H,9H2,1-4H3,(H,19,20)/t16-,18-/m1/s1. The van der Waals surface area contributed by atoms with Gasteiger partial charge in [-0.1, -0.05) is 36.3 Å². The average molecular weight is 332 g/mol. The highest BCUT2D eigenvalue weighted by Gasteiger charge is 2.52. The van der Waals surface area contributed by atoms with Gasteiger partial charge in [-0.05, 0) is 44.4 Å². The summed E-state index contributed by atoms with van der Waals surface area (Å²) in [6.07, 6.45) is 3.92. The summed E-state index contributed by atoms with van der Waals surface area (Å²) in [5.74, 6) is -1.16. The van der Waals surface area contributed by atoms with Gasteiger partial charge >= 0.3 is 5.97 Å². The van der Waals surface area contributed by atoms with Crippen molar-refractivity contribution in [1.29, 1.82) is 0 Å². The highest BCUT2D eigenvalue weighted by Crippen LogP contribution is 2.49. The first-order chi connectivity index (χ1) is 10.6. The van der Waals surface area contributed by atoms with Gasteiger partial charge in [0.05, 0.1) is 10.5 Å². The van der Waals surface area contributed by atoms with E-state index in [-0.39, 0.29) is 5.57 Å². The number of hydrogen-bond donors (Lipinski definition) is 1. The third-order valence-electron chi connectivity index (χ3n) is 4.73. The number of fused-ring (bicyclic) bond motifs is 2. The third kappa shape index (κ3) is 2.26. The van der Waals surface area contributed by atoms with E-state index in [0.717, 1.165) is 16.7 Å². The second-order valence-electron chi connectivity index (χ2n) is 6.97. The molecule has 23 heavy (non-hydrogen) atoms. The van der Waals surface area contributed by atoms with E-state index in [2.05, 4.69) is 0 Å². The molecule has 122 valence electrons. The second-order valence-corrected chi connectivity index (χ2v) is 8.94. The summed E-state index contributed by atoms with van der Waals surface area (Å²) in [5, 5.41) is 8.51. The van der Waals surface area contributed by atoms with Gasteiger partial charge in [0.1, 0.15) is 5.25 Å². The van der Waals surface area contributed by atoms with E-state index in [1.807, 2.05) is 39.0 Å². The fourth-order valence-electron chi connectivity index (χ4n) is 4.26. The van der Waals surface area contributed by atoms with Crippen molar-refractivity contribution in [3.63, 3.8) is 0 Å². The minimum atomic E-state index is -3.76. The van der Waals surface area contributed by atoms with Gasteiger partial charge in [0.15, 0.2) is 9.84 Å². The Hall–Kier alpha value is -1.88. The molecule has 0 saturated carbocycles. The number of sulfone groups is 1. The first-order valence-electron chi connectivity index (χ1n) is 7.54. The average Bonchev–Trinajstić information content (AvgIpc) is 2.33. The highest BCUT2D eigenvalue weighted by molar-refractivity contribution is 7.92. The zero-order valence-corrected chi connectivity index (χ0v) is 14.5. The monoisotopic (exact) mass is 332 g/mol.